The van der Waals surface area contributed by atoms with Gasteiger partial charge in [-0.3, -0.25) is 0 Å². The second-order valence-electron chi connectivity index (χ2n) is 2.76. The Bertz CT molecular complexity index is 384. The van der Waals surface area contributed by atoms with Crippen LogP contribution in [0.15, 0.2) is 27.1 Å². The van der Waals surface area contributed by atoms with E-state index in [-0.39, 0.29) is 12.4 Å². The lowest BCUT2D eigenvalue weighted by Crippen LogP contribution is -2.24. The van der Waals surface area contributed by atoms with Crippen molar-refractivity contribution in [2.24, 2.45) is 0 Å². The normalized spacial score (nSPS) is 12.0. The van der Waals surface area contributed by atoms with Gasteiger partial charge in [0.05, 0.1) is 11.1 Å². The first-order chi connectivity index (χ1) is 7.54. The molecule has 0 aromatic heterocycles. The number of alkyl halides is 1. The maximum atomic E-state index is 13.2. The quantitative estimate of drug-likeness (QED) is 0.776. The molecule has 0 radical (unpaired) electrons. The fraction of sp³-hybridized carbons (Fsp3) is 0.300. The molecular weight excluding hydrogens is 347 g/mol. The third-order valence-corrected chi connectivity index (χ3v) is 2.71. The fourth-order valence-electron chi connectivity index (χ4n) is 0.938. The molecule has 0 aliphatic rings. The van der Waals surface area contributed by atoms with Crippen LogP contribution in [0.2, 0.25) is 0 Å². The van der Waals surface area contributed by atoms with Crippen LogP contribution < -0.4 is 4.74 Å². The molecule has 1 unspecified atom stereocenters. The molecule has 1 rings (SSSR count). The van der Waals surface area contributed by atoms with Crippen LogP contribution in [0, 0.1) is 0 Å². The van der Waals surface area contributed by atoms with Crippen molar-refractivity contribution in [3.63, 3.8) is 0 Å². The molecule has 1 aromatic carbocycles. The van der Waals surface area contributed by atoms with Crippen molar-refractivity contribution in [1.29, 1.82) is 0 Å². The summed E-state index contributed by atoms with van der Waals surface area (Å²) in [6.07, 6.45) is -2.11. The predicted octanol–water partition coefficient (Wildman–Crippen LogP) is 3.45. The topological polar surface area (TPSA) is 35.5 Å². The number of ether oxygens (including phenoxy) is 2. The zero-order chi connectivity index (χ0) is 12.1. The Morgan fingerprint density at radius 3 is 2.75 bits per heavy atom. The summed E-state index contributed by atoms with van der Waals surface area (Å²) in [6, 6.07) is 4.91. The first kappa shape index (κ1) is 13.4. The van der Waals surface area contributed by atoms with Crippen molar-refractivity contribution in [2.75, 3.05) is 6.61 Å². The van der Waals surface area contributed by atoms with Gasteiger partial charge in [0.1, 0.15) is 5.75 Å². The van der Waals surface area contributed by atoms with Crippen molar-refractivity contribution in [1.82, 2.24) is 0 Å². The van der Waals surface area contributed by atoms with E-state index in [1.54, 1.807) is 25.1 Å². The lowest BCUT2D eigenvalue weighted by Gasteiger charge is -2.11. The molecular formula is C10H9Br2FO3. The summed E-state index contributed by atoms with van der Waals surface area (Å²) in [6.45, 7) is 1.71. The number of halogens is 3. The summed E-state index contributed by atoms with van der Waals surface area (Å²) in [7, 11) is 0. The minimum absolute atomic E-state index is 0.115. The number of hydrogen-bond acceptors (Lipinski definition) is 3. The van der Waals surface area contributed by atoms with Crippen LogP contribution in [0.1, 0.15) is 6.92 Å². The summed E-state index contributed by atoms with van der Waals surface area (Å²) in [5.74, 6) is -0.791. The zero-order valence-electron chi connectivity index (χ0n) is 8.38. The van der Waals surface area contributed by atoms with E-state index in [1.165, 1.54) is 0 Å². The van der Waals surface area contributed by atoms with Gasteiger partial charge < -0.3 is 9.47 Å². The Morgan fingerprint density at radius 2 is 2.19 bits per heavy atom. The van der Waals surface area contributed by atoms with Crippen LogP contribution in [-0.4, -0.2) is 18.9 Å². The van der Waals surface area contributed by atoms with Gasteiger partial charge in [-0.25, -0.2) is 4.79 Å². The van der Waals surface area contributed by atoms with Gasteiger partial charge >= 0.3 is 12.3 Å². The Morgan fingerprint density at radius 1 is 1.50 bits per heavy atom. The molecule has 0 spiro atoms. The molecule has 6 heteroatoms. The molecule has 1 aromatic rings. The highest BCUT2D eigenvalue weighted by Crippen LogP contribution is 2.29. The highest BCUT2D eigenvalue weighted by molar-refractivity contribution is 9.11. The molecule has 3 nitrogen and oxygen atoms in total. The third-order valence-electron chi connectivity index (χ3n) is 1.60. The van der Waals surface area contributed by atoms with Crippen LogP contribution in [0.3, 0.4) is 0 Å². The number of rotatable bonds is 4. The van der Waals surface area contributed by atoms with Gasteiger partial charge in [-0.15, -0.1) is 0 Å². The van der Waals surface area contributed by atoms with E-state index < -0.39 is 12.3 Å². The van der Waals surface area contributed by atoms with Gasteiger partial charge in [-0.05, 0) is 41.1 Å². The van der Waals surface area contributed by atoms with E-state index in [0.717, 1.165) is 4.47 Å². The summed E-state index contributed by atoms with van der Waals surface area (Å²) in [4.78, 5) is 11.0. The van der Waals surface area contributed by atoms with Crippen LogP contribution in [-0.2, 0) is 9.53 Å². The lowest BCUT2D eigenvalue weighted by atomic mass is 10.3. The van der Waals surface area contributed by atoms with Crippen LogP contribution >= 0.6 is 31.9 Å². The average molecular weight is 356 g/mol. The average Bonchev–Trinajstić information content (AvgIpc) is 2.22. The largest absolute Gasteiger partial charge is 0.461 e. The highest BCUT2D eigenvalue weighted by Gasteiger charge is 2.21. The molecule has 0 bridgehead atoms. The minimum Gasteiger partial charge on any atom is -0.461 e. The maximum Gasteiger partial charge on any atom is 0.381 e. The van der Waals surface area contributed by atoms with E-state index in [9.17, 15) is 9.18 Å². The van der Waals surface area contributed by atoms with E-state index >= 15 is 0 Å². The predicted molar refractivity (Wildman–Crippen MR) is 64.0 cm³/mol. The molecule has 0 N–H and O–H groups in total. The Labute approximate surface area is 109 Å². The third kappa shape index (κ3) is 3.75. The second-order valence-corrected chi connectivity index (χ2v) is 4.53. The number of esters is 1. The summed E-state index contributed by atoms with van der Waals surface area (Å²) < 4.78 is 23.9. The SMILES string of the molecule is CCOC(=O)C(F)Oc1ccc(Br)cc1Br. The molecule has 0 fully saturated rings. The van der Waals surface area contributed by atoms with E-state index in [2.05, 4.69) is 36.6 Å². The summed E-state index contributed by atoms with van der Waals surface area (Å²) >= 11 is 6.44. The van der Waals surface area contributed by atoms with Crippen LogP contribution in [0.4, 0.5) is 4.39 Å². The van der Waals surface area contributed by atoms with Crippen molar-refractivity contribution in [3.8, 4) is 5.75 Å². The molecule has 0 amide bonds. The number of benzene rings is 1. The van der Waals surface area contributed by atoms with Gasteiger partial charge in [0, 0.05) is 4.47 Å². The monoisotopic (exact) mass is 354 g/mol. The van der Waals surface area contributed by atoms with E-state index in [1.807, 2.05) is 0 Å². The molecule has 88 valence electrons. The van der Waals surface area contributed by atoms with E-state index in [4.69, 9.17) is 4.74 Å². The Kier molecular flexibility index (Phi) is 5.21. The molecule has 0 aliphatic heterocycles. The molecule has 0 heterocycles. The fourth-order valence-corrected chi connectivity index (χ4v) is 2.08. The van der Waals surface area contributed by atoms with Gasteiger partial charge in [-0.2, -0.15) is 4.39 Å². The first-order valence-corrected chi connectivity index (χ1v) is 6.05. The maximum absolute atomic E-state index is 13.2. The smallest absolute Gasteiger partial charge is 0.381 e. The molecule has 0 saturated carbocycles. The summed E-state index contributed by atoms with van der Waals surface area (Å²) in [5, 5.41) is 0. The molecule has 0 aliphatic carbocycles. The molecule has 16 heavy (non-hydrogen) atoms. The lowest BCUT2D eigenvalue weighted by molar-refractivity contribution is -0.159. The summed E-state index contributed by atoms with van der Waals surface area (Å²) in [5.41, 5.74) is 0. The second kappa shape index (κ2) is 6.20. The van der Waals surface area contributed by atoms with Gasteiger partial charge in [0.25, 0.3) is 0 Å². The zero-order valence-corrected chi connectivity index (χ0v) is 11.5. The van der Waals surface area contributed by atoms with Gasteiger partial charge in [0.2, 0.25) is 0 Å². The van der Waals surface area contributed by atoms with Crippen molar-refractivity contribution < 1.29 is 18.7 Å². The van der Waals surface area contributed by atoms with Crippen LogP contribution in [0.5, 0.6) is 5.75 Å². The number of carbonyl (C=O) groups is 1. The van der Waals surface area contributed by atoms with Crippen molar-refractivity contribution in [2.45, 2.75) is 13.3 Å². The van der Waals surface area contributed by atoms with Crippen LogP contribution in [0.25, 0.3) is 0 Å². The minimum atomic E-state index is -2.11. The number of hydrogen-bond donors (Lipinski definition) is 0. The highest BCUT2D eigenvalue weighted by atomic mass is 79.9. The number of carbonyl (C=O) groups excluding carboxylic acids is 1. The van der Waals surface area contributed by atoms with Gasteiger partial charge in [-0.1, -0.05) is 15.9 Å². The van der Waals surface area contributed by atoms with Crippen molar-refractivity contribution >= 4 is 37.8 Å². The first-order valence-electron chi connectivity index (χ1n) is 4.47. The standard InChI is InChI=1S/C10H9Br2FO3/c1-2-15-10(14)9(13)16-8-4-3-6(11)5-7(8)12/h3-5,9H,2H2,1H3. The van der Waals surface area contributed by atoms with E-state index in [0.29, 0.717) is 4.47 Å². The molecule has 0 saturated heterocycles. The van der Waals surface area contributed by atoms with Gasteiger partial charge in [0.15, 0.2) is 0 Å². The molecule has 1 atom stereocenters. The Hall–Kier alpha value is -0.620. The van der Waals surface area contributed by atoms with Crippen molar-refractivity contribution in [3.05, 3.63) is 27.1 Å². The Balaban J connectivity index is 2.69.